The smallest absolute Gasteiger partial charge is 0.165 e. The summed E-state index contributed by atoms with van der Waals surface area (Å²) in [6.07, 6.45) is 1.82. The topological polar surface area (TPSA) is 20.3 Å². The van der Waals surface area contributed by atoms with E-state index in [4.69, 9.17) is 11.6 Å². The van der Waals surface area contributed by atoms with Crippen molar-refractivity contribution in [2.75, 3.05) is 19.6 Å². The number of hydrogen-bond acceptors (Lipinski definition) is 2. The van der Waals surface area contributed by atoms with Crippen LogP contribution >= 0.6 is 11.6 Å². The summed E-state index contributed by atoms with van der Waals surface area (Å²) in [7, 11) is 0. The average molecular weight is 252 g/mol. The van der Waals surface area contributed by atoms with E-state index in [1.807, 2.05) is 12.1 Å². The van der Waals surface area contributed by atoms with Gasteiger partial charge in [-0.3, -0.25) is 4.79 Å². The van der Waals surface area contributed by atoms with E-state index in [1.165, 1.54) is 6.42 Å². The molecule has 1 aliphatic heterocycles. The molecule has 1 atom stereocenters. The number of nitrogens with zero attached hydrogens (tertiary/aromatic N) is 1. The Bertz CT molecular complexity index is 405. The normalized spacial score (nSPS) is 20.7. The third-order valence-electron chi connectivity index (χ3n) is 3.34. The Kier molecular flexibility index (Phi) is 4.19. The van der Waals surface area contributed by atoms with Gasteiger partial charge in [-0.2, -0.15) is 0 Å². The quantitative estimate of drug-likeness (QED) is 0.766. The van der Waals surface area contributed by atoms with Crippen LogP contribution in [0.3, 0.4) is 0 Å². The Labute approximate surface area is 108 Å². The number of halogens is 1. The van der Waals surface area contributed by atoms with Gasteiger partial charge in [-0.1, -0.05) is 30.7 Å². The molecule has 1 unspecified atom stereocenters. The van der Waals surface area contributed by atoms with Crippen LogP contribution in [0.5, 0.6) is 0 Å². The first-order valence-electron chi connectivity index (χ1n) is 6.17. The summed E-state index contributed by atoms with van der Waals surface area (Å²) in [6.45, 7) is 5.36. The molecule has 0 aromatic heterocycles. The van der Waals surface area contributed by atoms with Gasteiger partial charge in [-0.15, -0.1) is 0 Å². The molecule has 3 heteroatoms. The molecule has 0 radical (unpaired) electrons. The Balaban J connectivity index is 1.88. The van der Waals surface area contributed by atoms with Crippen molar-refractivity contribution < 1.29 is 4.79 Å². The fraction of sp³-hybridized carbons (Fsp3) is 0.500. The molecule has 1 saturated heterocycles. The van der Waals surface area contributed by atoms with E-state index < -0.39 is 0 Å². The lowest BCUT2D eigenvalue weighted by Gasteiger charge is -2.14. The van der Waals surface area contributed by atoms with Crippen molar-refractivity contribution in [1.82, 2.24) is 4.90 Å². The van der Waals surface area contributed by atoms with Gasteiger partial charge in [-0.25, -0.2) is 0 Å². The van der Waals surface area contributed by atoms with Crippen LogP contribution in [0.25, 0.3) is 0 Å². The largest absolute Gasteiger partial charge is 0.303 e. The number of hydrogen-bond donors (Lipinski definition) is 0. The third-order valence-corrected chi connectivity index (χ3v) is 3.67. The van der Waals surface area contributed by atoms with E-state index in [-0.39, 0.29) is 5.78 Å². The second-order valence-electron chi connectivity index (χ2n) is 4.85. The lowest BCUT2D eigenvalue weighted by molar-refractivity contribution is 0.0968. The zero-order valence-electron chi connectivity index (χ0n) is 10.2. The minimum atomic E-state index is 0.148. The molecule has 1 aromatic carbocycles. The van der Waals surface area contributed by atoms with Crippen LogP contribution in [-0.2, 0) is 0 Å². The van der Waals surface area contributed by atoms with Crippen molar-refractivity contribution in [1.29, 1.82) is 0 Å². The molecule has 2 nitrogen and oxygen atoms in total. The molecule has 0 amide bonds. The highest BCUT2D eigenvalue weighted by molar-refractivity contribution is 6.33. The SMILES string of the molecule is CC1CCN(CCC(=O)c2ccccc2Cl)C1. The van der Waals surface area contributed by atoms with Crippen LogP contribution in [0.15, 0.2) is 24.3 Å². The maximum Gasteiger partial charge on any atom is 0.165 e. The Hall–Kier alpha value is -0.860. The highest BCUT2D eigenvalue weighted by Crippen LogP contribution is 2.19. The van der Waals surface area contributed by atoms with Crippen molar-refractivity contribution >= 4 is 17.4 Å². The third kappa shape index (κ3) is 3.30. The molecule has 0 bridgehead atoms. The number of benzene rings is 1. The second kappa shape index (κ2) is 5.65. The molecule has 0 spiro atoms. The van der Waals surface area contributed by atoms with E-state index in [9.17, 15) is 4.79 Å². The van der Waals surface area contributed by atoms with Gasteiger partial charge in [-0.05, 0) is 31.0 Å². The number of ketones is 1. The summed E-state index contributed by atoms with van der Waals surface area (Å²) in [5.41, 5.74) is 0.654. The fourth-order valence-corrected chi connectivity index (χ4v) is 2.55. The maximum absolute atomic E-state index is 12.0. The van der Waals surface area contributed by atoms with Gasteiger partial charge >= 0.3 is 0 Å². The first-order valence-corrected chi connectivity index (χ1v) is 6.54. The molecule has 0 aliphatic carbocycles. The van der Waals surface area contributed by atoms with Crippen molar-refractivity contribution in [2.45, 2.75) is 19.8 Å². The predicted octanol–water partition coefficient (Wildman–Crippen LogP) is 3.25. The van der Waals surface area contributed by atoms with Crippen molar-refractivity contribution in [3.05, 3.63) is 34.9 Å². The summed E-state index contributed by atoms with van der Waals surface area (Å²) in [5, 5.41) is 0.562. The molecule has 1 fully saturated rings. The molecule has 0 saturated carbocycles. The number of Topliss-reactive ketones (excluding diaryl/α,β-unsaturated/α-hetero) is 1. The van der Waals surface area contributed by atoms with Crippen LogP contribution in [-0.4, -0.2) is 30.3 Å². The zero-order valence-corrected chi connectivity index (χ0v) is 10.9. The number of rotatable bonds is 4. The van der Waals surface area contributed by atoms with E-state index in [2.05, 4.69) is 11.8 Å². The lowest BCUT2D eigenvalue weighted by Crippen LogP contribution is -2.23. The summed E-state index contributed by atoms with van der Waals surface area (Å²) in [4.78, 5) is 14.4. The van der Waals surface area contributed by atoms with Crippen LogP contribution in [0.4, 0.5) is 0 Å². The number of carbonyl (C=O) groups excluding carboxylic acids is 1. The van der Waals surface area contributed by atoms with E-state index in [0.717, 1.165) is 25.6 Å². The maximum atomic E-state index is 12.0. The molecule has 1 heterocycles. The standard InChI is InChI=1S/C14H18ClNO/c1-11-6-8-16(10-11)9-7-14(17)12-4-2-3-5-13(12)15/h2-5,11H,6-10H2,1H3. The predicted molar refractivity (Wildman–Crippen MR) is 70.6 cm³/mol. The number of likely N-dealkylation sites (tertiary alicyclic amines) is 1. The van der Waals surface area contributed by atoms with Gasteiger partial charge < -0.3 is 4.90 Å². The Morgan fingerprint density at radius 3 is 2.88 bits per heavy atom. The summed E-state index contributed by atoms with van der Waals surface area (Å²) < 4.78 is 0. The summed E-state index contributed by atoms with van der Waals surface area (Å²) in [5.74, 6) is 0.917. The van der Waals surface area contributed by atoms with E-state index >= 15 is 0 Å². The first-order chi connectivity index (χ1) is 8.16. The highest BCUT2D eigenvalue weighted by Gasteiger charge is 2.19. The second-order valence-corrected chi connectivity index (χ2v) is 5.25. The average Bonchev–Trinajstić information content (AvgIpc) is 2.73. The molecule has 2 rings (SSSR count). The lowest BCUT2D eigenvalue weighted by atomic mass is 10.1. The van der Waals surface area contributed by atoms with Crippen LogP contribution in [0.2, 0.25) is 5.02 Å². The van der Waals surface area contributed by atoms with Gasteiger partial charge in [0.2, 0.25) is 0 Å². The first kappa shape index (κ1) is 12.6. The van der Waals surface area contributed by atoms with Gasteiger partial charge in [0.25, 0.3) is 0 Å². The summed E-state index contributed by atoms with van der Waals surface area (Å²) >= 11 is 6.00. The van der Waals surface area contributed by atoms with Crippen LogP contribution in [0, 0.1) is 5.92 Å². The monoisotopic (exact) mass is 251 g/mol. The molecule has 92 valence electrons. The van der Waals surface area contributed by atoms with Gasteiger partial charge in [0, 0.05) is 25.1 Å². The summed E-state index contributed by atoms with van der Waals surface area (Å²) in [6, 6.07) is 7.28. The van der Waals surface area contributed by atoms with Gasteiger partial charge in [0.15, 0.2) is 5.78 Å². The van der Waals surface area contributed by atoms with Crippen LogP contribution in [0.1, 0.15) is 30.1 Å². The minimum absolute atomic E-state index is 0.148. The van der Waals surface area contributed by atoms with Crippen molar-refractivity contribution in [3.63, 3.8) is 0 Å². The fourth-order valence-electron chi connectivity index (χ4n) is 2.31. The minimum Gasteiger partial charge on any atom is -0.303 e. The Morgan fingerprint density at radius 1 is 1.47 bits per heavy atom. The van der Waals surface area contributed by atoms with E-state index in [1.54, 1.807) is 12.1 Å². The Morgan fingerprint density at radius 2 is 2.24 bits per heavy atom. The molecular weight excluding hydrogens is 234 g/mol. The molecule has 17 heavy (non-hydrogen) atoms. The molecule has 1 aliphatic rings. The molecular formula is C14H18ClNO. The van der Waals surface area contributed by atoms with Crippen LogP contribution < -0.4 is 0 Å². The number of carbonyl (C=O) groups is 1. The molecule has 1 aromatic rings. The zero-order chi connectivity index (χ0) is 12.3. The van der Waals surface area contributed by atoms with Gasteiger partial charge in [0.05, 0.1) is 5.02 Å². The van der Waals surface area contributed by atoms with E-state index in [0.29, 0.717) is 17.0 Å². The highest BCUT2D eigenvalue weighted by atomic mass is 35.5. The molecule has 0 N–H and O–H groups in total. The van der Waals surface area contributed by atoms with Crippen molar-refractivity contribution in [3.8, 4) is 0 Å². The van der Waals surface area contributed by atoms with Crippen molar-refractivity contribution in [2.24, 2.45) is 5.92 Å². The van der Waals surface area contributed by atoms with Gasteiger partial charge in [0.1, 0.15) is 0 Å².